The average molecular weight is 424 g/mol. The fourth-order valence-corrected chi connectivity index (χ4v) is 4.05. The normalized spacial score (nSPS) is 13.3. The van der Waals surface area contributed by atoms with E-state index in [2.05, 4.69) is 29.6 Å². The topological polar surface area (TPSA) is 81.7 Å². The highest BCUT2D eigenvalue weighted by atomic mass is 16.5. The molecule has 1 amide bonds. The van der Waals surface area contributed by atoms with Gasteiger partial charge in [-0.2, -0.15) is 0 Å². The number of carbonyl (C=O) groups is 3. The molecular formula is C25H29NO5. The largest absolute Gasteiger partial charge is 0.466 e. The maximum absolute atomic E-state index is 12.4. The summed E-state index contributed by atoms with van der Waals surface area (Å²) in [5, 5.41) is 2.69. The molecule has 31 heavy (non-hydrogen) atoms. The van der Waals surface area contributed by atoms with Gasteiger partial charge in [0, 0.05) is 18.4 Å². The molecule has 3 rings (SSSR count). The first kappa shape index (κ1) is 22.5. The van der Waals surface area contributed by atoms with Crippen molar-refractivity contribution in [2.24, 2.45) is 11.8 Å². The Morgan fingerprint density at radius 3 is 2.06 bits per heavy atom. The lowest BCUT2D eigenvalue weighted by atomic mass is 9.90. The molecule has 1 aliphatic carbocycles. The van der Waals surface area contributed by atoms with Crippen molar-refractivity contribution in [2.45, 2.75) is 33.1 Å². The fraction of sp³-hybridized carbons (Fsp3) is 0.400. The van der Waals surface area contributed by atoms with Crippen LogP contribution in [0, 0.1) is 11.8 Å². The summed E-state index contributed by atoms with van der Waals surface area (Å²) in [6.45, 7) is 6.02. The number of hydrogen-bond donors (Lipinski definition) is 1. The zero-order valence-corrected chi connectivity index (χ0v) is 18.2. The number of amides is 1. The molecule has 0 saturated heterocycles. The zero-order valence-electron chi connectivity index (χ0n) is 18.2. The molecule has 0 spiro atoms. The standard InChI is InChI=1S/C25H29NO5/c1-4-30-24(28)13-23(27)21(16(2)3)14-26-25(29)31-15-22-19-11-7-5-9-17(19)18-10-6-8-12-20(18)22/h5-12,16,21-22H,4,13-15H2,1-3H3,(H,26,29)/t21-/m0/s1. The van der Waals surface area contributed by atoms with Crippen molar-refractivity contribution in [3.63, 3.8) is 0 Å². The van der Waals surface area contributed by atoms with Gasteiger partial charge in [-0.05, 0) is 35.1 Å². The SMILES string of the molecule is CCOC(=O)CC(=O)[C@@H](CNC(=O)OCC1c2ccccc2-c2ccccc21)C(C)C. The number of ether oxygens (including phenoxy) is 2. The van der Waals surface area contributed by atoms with Gasteiger partial charge in [0.05, 0.1) is 6.61 Å². The first-order valence-corrected chi connectivity index (χ1v) is 10.7. The molecule has 2 aromatic rings. The molecule has 0 fully saturated rings. The molecule has 1 atom stereocenters. The summed E-state index contributed by atoms with van der Waals surface area (Å²) in [7, 11) is 0. The maximum atomic E-state index is 12.4. The van der Waals surface area contributed by atoms with E-state index in [0.717, 1.165) is 22.3 Å². The second-order valence-electron chi connectivity index (χ2n) is 8.01. The van der Waals surface area contributed by atoms with Crippen molar-refractivity contribution < 1.29 is 23.9 Å². The molecule has 1 aliphatic rings. The van der Waals surface area contributed by atoms with E-state index in [9.17, 15) is 14.4 Å². The van der Waals surface area contributed by atoms with Gasteiger partial charge in [-0.3, -0.25) is 9.59 Å². The third-order valence-corrected chi connectivity index (χ3v) is 5.65. The van der Waals surface area contributed by atoms with Crippen molar-refractivity contribution >= 4 is 17.8 Å². The van der Waals surface area contributed by atoms with Crippen LogP contribution in [0.3, 0.4) is 0 Å². The van der Waals surface area contributed by atoms with E-state index in [1.165, 1.54) is 0 Å². The highest BCUT2D eigenvalue weighted by Crippen LogP contribution is 2.44. The Labute approximate surface area is 182 Å². The van der Waals surface area contributed by atoms with Gasteiger partial charge in [0.1, 0.15) is 18.8 Å². The van der Waals surface area contributed by atoms with Gasteiger partial charge in [0.15, 0.2) is 0 Å². The summed E-state index contributed by atoms with van der Waals surface area (Å²) in [4.78, 5) is 36.4. The van der Waals surface area contributed by atoms with Crippen molar-refractivity contribution in [3.05, 3.63) is 59.7 Å². The quantitative estimate of drug-likeness (QED) is 0.480. The van der Waals surface area contributed by atoms with Crippen molar-refractivity contribution in [1.29, 1.82) is 0 Å². The van der Waals surface area contributed by atoms with Gasteiger partial charge in [0.25, 0.3) is 0 Å². The van der Waals surface area contributed by atoms with E-state index >= 15 is 0 Å². The fourth-order valence-electron chi connectivity index (χ4n) is 4.05. The summed E-state index contributed by atoms with van der Waals surface area (Å²) in [5.74, 6) is -1.32. The molecule has 0 bridgehead atoms. The number of esters is 1. The molecular weight excluding hydrogens is 394 g/mol. The molecule has 6 nitrogen and oxygen atoms in total. The Bertz CT molecular complexity index is 907. The molecule has 0 heterocycles. The van der Waals surface area contributed by atoms with Crippen LogP contribution < -0.4 is 5.32 Å². The van der Waals surface area contributed by atoms with E-state index in [1.54, 1.807) is 6.92 Å². The Hall–Kier alpha value is -3.15. The van der Waals surface area contributed by atoms with Crippen molar-refractivity contribution in [2.75, 3.05) is 19.8 Å². The Morgan fingerprint density at radius 1 is 0.935 bits per heavy atom. The van der Waals surface area contributed by atoms with Crippen LogP contribution in [0.1, 0.15) is 44.2 Å². The summed E-state index contributed by atoms with van der Waals surface area (Å²) in [5.41, 5.74) is 4.61. The lowest BCUT2D eigenvalue weighted by Gasteiger charge is -2.20. The molecule has 0 aromatic heterocycles. The van der Waals surface area contributed by atoms with Gasteiger partial charge in [-0.25, -0.2) is 4.79 Å². The molecule has 6 heteroatoms. The Morgan fingerprint density at radius 2 is 1.52 bits per heavy atom. The molecule has 1 N–H and O–H groups in total. The number of Topliss-reactive ketones (excluding diaryl/α,β-unsaturated/α-hetero) is 1. The van der Waals surface area contributed by atoms with E-state index < -0.39 is 18.0 Å². The first-order valence-electron chi connectivity index (χ1n) is 10.7. The smallest absolute Gasteiger partial charge is 0.407 e. The lowest BCUT2D eigenvalue weighted by Crippen LogP contribution is -2.37. The number of fused-ring (bicyclic) bond motifs is 3. The second kappa shape index (κ2) is 10.2. The maximum Gasteiger partial charge on any atom is 0.407 e. The van der Waals surface area contributed by atoms with E-state index in [1.807, 2.05) is 38.1 Å². The van der Waals surface area contributed by atoms with E-state index in [-0.39, 0.29) is 43.8 Å². The Balaban J connectivity index is 1.57. The number of hydrogen-bond acceptors (Lipinski definition) is 5. The number of carbonyl (C=O) groups excluding carboxylic acids is 3. The van der Waals surface area contributed by atoms with Gasteiger partial charge in [0.2, 0.25) is 0 Å². The van der Waals surface area contributed by atoms with Crippen LogP contribution in [0.4, 0.5) is 4.79 Å². The number of rotatable bonds is 9. The minimum absolute atomic E-state index is 0.0236. The summed E-state index contributed by atoms with van der Waals surface area (Å²) in [6, 6.07) is 16.3. The molecule has 0 aliphatic heterocycles. The van der Waals surface area contributed by atoms with Crippen LogP contribution in [0.25, 0.3) is 11.1 Å². The minimum atomic E-state index is -0.573. The van der Waals surface area contributed by atoms with E-state index in [4.69, 9.17) is 9.47 Å². The van der Waals surface area contributed by atoms with Crippen LogP contribution in [0.15, 0.2) is 48.5 Å². The second-order valence-corrected chi connectivity index (χ2v) is 8.01. The summed E-state index contributed by atoms with van der Waals surface area (Å²) in [6.07, 6.45) is -0.861. The van der Waals surface area contributed by atoms with Gasteiger partial charge in [-0.1, -0.05) is 62.4 Å². The molecule has 0 saturated carbocycles. The number of ketones is 1. The number of benzene rings is 2. The van der Waals surface area contributed by atoms with E-state index in [0.29, 0.717) is 0 Å². The first-order chi connectivity index (χ1) is 14.9. The van der Waals surface area contributed by atoms with Gasteiger partial charge in [-0.15, -0.1) is 0 Å². The Kier molecular flexibility index (Phi) is 7.45. The summed E-state index contributed by atoms with van der Waals surface area (Å²) >= 11 is 0. The van der Waals surface area contributed by atoms with Crippen LogP contribution in [-0.2, 0) is 19.1 Å². The number of nitrogens with one attached hydrogen (secondary N) is 1. The van der Waals surface area contributed by atoms with Gasteiger partial charge >= 0.3 is 12.1 Å². The highest BCUT2D eigenvalue weighted by Gasteiger charge is 2.29. The van der Waals surface area contributed by atoms with Crippen LogP contribution in [0.5, 0.6) is 0 Å². The van der Waals surface area contributed by atoms with Crippen molar-refractivity contribution in [3.8, 4) is 11.1 Å². The average Bonchev–Trinajstić information content (AvgIpc) is 3.06. The zero-order chi connectivity index (χ0) is 22.4. The predicted molar refractivity (Wildman–Crippen MR) is 118 cm³/mol. The molecule has 0 radical (unpaired) electrons. The van der Waals surface area contributed by atoms with Crippen LogP contribution in [-0.4, -0.2) is 37.6 Å². The molecule has 164 valence electrons. The van der Waals surface area contributed by atoms with Gasteiger partial charge < -0.3 is 14.8 Å². The minimum Gasteiger partial charge on any atom is -0.466 e. The molecule has 2 aromatic carbocycles. The van der Waals surface area contributed by atoms with Crippen LogP contribution >= 0.6 is 0 Å². The third kappa shape index (κ3) is 5.32. The monoisotopic (exact) mass is 423 g/mol. The predicted octanol–water partition coefficient (Wildman–Crippen LogP) is 4.32. The number of alkyl carbamates (subject to hydrolysis) is 1. The lowest BCUT2D eigenvalue weighted by molar-refractivity contribution is -0.146. The third-order valence-electron chi connectivity index (χ3n) is 5.65. The van der Waals surface area contributed by atoms with Crippen molar-refractivity contribution in [1.82, 2.24) is 5.32 Å². The highest BCUT2D eigenvalue weighted by molar-refractivity contribution is 5.97. The van der Waals surface area contributed by atoms with Crippen LogP contribution in [0.2, 0.25) is 0 Å². The summed E-state index contributed by atoms with van der Waals surface area (Å²) < 4.78 is 10.4. The molecule has 0 unspecified atom stereocenters.